The Morgan fingerprint density at radius 2 is 2.00 bits per heavy atom. The number of nitrogens with two attached hydrogens (primary N) is 1. The van der Waals surface area contributed by atoms with E-state index in [1.165, 1.54) is 6.07 Å². The molecule has 1 aromatic rings. The highest BCUT2D eigenvalue weighted by atomic mass is 35.5. The molecule has 0 aliphatic heterocycles. The number of benzene rings is 1. The van der Waals surface area contributed by atoms with Crippen LogP contribution in [0.2, 0.25) is 5.02 Å². The van der Waals surface area contributed by atoms with Gasteiger partial charge in [0, 0.05) is 23.2 Å². The lowest BCUT2D eigenvalue weighted by Crippen LogP contribution is -2.33. The molecule has 1 aliphatic carbocycles. The zero-order chi connectivity index (χ0) is 14.0. The van der Waals surface area contributed by atoms with Gasteiger partial charge in [0.25, 0.3) is 0 Å². The van der Waals surface area contributed by atoms with Crippen molar-refractivity contribution in [2.75, 3.05) is 0 Å². The van der Waals surface area contributed by atoms with E-state index in [4.69, 9.17) is 17.3 Å². The van der Waals surface area contributed by atoms with Gasteiger partial charge >= 0.3 is 0 Å². The van der Waals surface area contributed by atoms with Gasteiger partial charge in [-0.3, -0.25) is 0 Å². The third-order valence-electron chi connectivity index (χ3n) is 3.27. The van der Waals surface area contributed by atoms with Crippen LogP contribution in [0.1, 0.15) is 31.2 Å². The number of halogens is 2. The molecule has 0 unspecified atom stereocenters. The minimum atomic E-state index is -3.89. The van der Waals surface area contributed by atoms with Crippen LogP contribution in [0.15, 0.2) is 17.0 Å². The molecule has 1 saturated carbocycles. The quantitative estimate of drug-likeness (QED) is 0.895. The molecule has 2 rings (SSSR count). The number of sulfonamides is 1. The maximum Gasteiger partial charge on any atom is 0.243 e. The van der Waals surface area contributed by atoms with Gasteiger partial charge < -0.3 is 5.73 Å². The van der Waals surface area contributed by atoms with E-state index in [-0.39, 0.29) is 23.2 Å². The Balaban J connectivity index is 2.36. The highest BCUT2D eigenvalue weighted by molar-refractivity contribution is 7.89. The van der Waals surface area contributed by atoms with Crippen molar-refractivity contribution in [3.05, 3.63) is 28.5 Å². The molecule has 1 fully saturated rings. The second-order valence-electron chi connectivity index (χ2n) is 4.68. The minimum absolute atomic E-state index is 0.0966. The summed E-state index contributed by atoms with van der Waals surface area (Å²) < 4.78 is 40.9. The highest BCUT2D eigenvalue weighted by Crippen LogP contribution is 2.25. The first kappa shape index (κ1) is 14.7. The van der Waals surface area contributed by atoms with E-state index in [0.717, 1.165) is 31.7 Å². The molecule has 0 spiro atoms. The Kier molecular flexibility index (Phi) is 4.45. The van der Waals surface area contributed by atoms with Crippen molar-refractivity contribution in [1.29, 1.82) is 0 Å². The zero-order valence-corrected chi connectivity index (χ0v) is 11.9. The predicted octanol–water partition coefficient (Wildman–Crippen LogP) is 2.16. The van der Waals surface area contributed by atoms with Crippen LogP contribution >= 0.6 is 11.6 Å². The maximum atomic E-state index is 14.1. The summed E-state index contributed by atoms with van der Waals surface area (Å²) in [7, 11) is -3.89. The standard InChI is InChI=1S/C12H16ClFN2O2S/c13-9-5-8(7-15)12(14)11(6-9)19(17,18)16-10-3-1-2-4-10/h5-6,10,16H,1-4,7,15H2. The van der Waals surface area contributed by atoms with Crippen LogP contribution in [-0.2, 0) is 16.6 Å². The van der Waals surface area contributed by atoms with Crippen LogP contribution in [-0.4, -0.2) is 14.5 Å². The molecule has 7 heteroatoms. The fraction of sp³-hybridized carbons (Fsp3) is 0.500. The molecule has 0 radical (unpaired) electrons. The Bertz CT molecular complexity index is 571. The summed E-state index contributed by atoms with van der Waals surface area (Å²) in [6.45, 7) is -0.0989. The fourth-order valence-electron chi connectivity index (χ4n) is 2.29. The lowest BCUT2D eigenvalue weighted by molar-refractivity contribution is 0.532. The van der Waals surface area contributed by atoms with Gasteiger partial charge in [-0.05, 0) is 25.0 Å². The summed E-state index contributed by atoms with van der Waals surface area (Å²) in [6.07, 6.45) is 3.54. The van der Waals surface area contributed by atoms with Crippen molar-refractivity contribution in [3.63, 3.8) is 0 Å². The second-order valence-corrected chi connectivity index (χ2v) is 6.80. The molecule has 0 amide bonds. The number of nitrogens with one attached hydrogen (secondary N) is 1. The van der Waals surface area contributed by atoms with E-state index in [2.05, 4.69) is 4.72 Å². The lowest BCUT2D eigenvalue weighted by atomic mass is 10.2. The number of hydrogen-bond donors (Lipinski definition) is 2. The number of hydrogen-bond acceptors (Lipinski definition) is 3. The van der Waals surface area contributed by atoms with E-state index < -0.39 is 20.7 Å². The van der Waals surface area contributed by atoms with Gasteiger partial charge in [-0.2, -0.15) is 0 Å². The van der Waals surface area contributed by atoms with Gasteiger partial charge in [-0.15, -0.1) is 0 Å². The van der Waals surface area contributed by atoms with Crippen LogP contribution in [0.5, 0.6) is 0 Å². The first-order valence-corrected chi connectivity index (χ1v) is 8.00. The summed E-state index contributed by atoms with van der Waals surface area (Å²) in [6, 6.07) is 2.34. The predicted molar refractivity (Wildman–Crippen MR) is 71.9 cm³/mol. The van der Waals surface area contributed by atoms with Crippen LogP contribution in [0.25, 0.3) is 0 Å². The van der Waals surface area contributed by atoms with Gasteiger partial charge in [0.1, 0.15) is 10.7 Å². The summed E-state index contributed by atoms with van der Waals surface area (Å²) >= 11 is 5.81. The molecule has 0 aromatic heterocycles. The van der Waals surface area contributed by atoms with E-state index in [9.17, 15) is 12.8 Å². The third kappa shape index (κ3) is 3.25. The summed E-state index contributed by atoms with van der Waals surface area (Å²) in [5.74, 6) is -0.822. The molecule has 106 valence electrons. The molecule has 0 atom stereocenters. The van der Waals surface area contributed by atoms with Gasteiger partial charge in [0.2, 0.25) is 10.0 Å². The molecule has 19 heavy (non-hydrogen) atoms. The zero-order valence-electron chi connectivity index (χ0n) is 10.3. The van der Waals surface area contributed by atoms with Crippen molar-refractivity contribution in [2.45, 2.75) is 43.2 Å². The van der Waals surface area contributed by atoms with Crippen molar-refractivity contribution in [1.82, 2.24) is 4.72 Å². The molecule has 1 aliphatic rings. The summed E-state index contributed by atoms with van der Waals surface area (Å²) in [5, 5.41) is 0.161. The highest BCUT2D eigenvalue weighted by Gasteiger charge is 2.26. The van der Waals surface area contributed by atoms with E-state index in [1.807, 2.05) is 0 Å². The lowest BCUT2D eigenvalue weighted by Gasteiger charge is -2.14. The molecule has 0 saturated heterocycles. The van der Waals surface area contributed by atoms with Crippen molar-refractivity contribution >= 4 is 21.6 Å². The van der Waals surface area contributed by atoms with Crippen molar-refractivity contribution in [2.24, 2.45) is 5.73 Å². The summed E-state index contributed by atoms with van der Waals surface area (Å²) in [4.78, 5) is -0.424. The fourth-order valence-corrected chi connectivity index (χ4v) is 4.05. The first-order chi connectivity index (χ1) is 8.94. The van der Waals surface area contributed by atoms with Gasteiger partial charge in [-0.25, -0.2) is 17.5 Å². The van der Waals surface area contributed by atoms with E-state index in [1.54, 1.807) is 0 Å². The molecule has 0 heterocycles. The van der Waals surface area contributed by atoms with Crippen LogP contribution < -0.4 is 10.5 Å². The van der Waals surface area contributed by atoms with Crippen LogP contribution in [0, 0.1) is 5.82 Å². The van der Waals surface area contributed by atoms with Gasteiger partial charge in [-0.1, -0.05) is 24.4 Å². The van der Waals surface area contributed by atoms with E-state index in [0.29, 0.717) is 0 Å². The molecule has 3 N–H and O–H groups in total. The minimum Gasteiger partial charge on any atom is -0.326 e. The Hall–Kier alpha value is -0.690. The maximum absolute atomic E-state index is 14.1. The second kappa shape index (κ2) is 5.75. The Morgan fingerprint density at radius 3 is 2.58 bits per heavy atom. The van der Waals surface area contributed by atoms with Crippen LogP contribution in [0.3, 0.4) is 0 Å². The van der Waals surface area contributed by atoms with Crippen molar-refractivity contribution in [3.8, 4) is 0 Å². The summed E-state index contributed by atoms with van der Waals surface area (Å²) in [5.41, 5.74) is 5.48. The number of rotatable bonds is 4. The Morgan fingerprint density at radius 1 is 1.37 bits per heavy atom. The molecular formula is C12H16ClFN2O2S. The first-order valence-electron chi connectivity index (χ1n) is 6.14. The van der Waals surface area contributed by atoms with Crippen LogP contribution in [0.4, 0.5) is 4.39 Å². The molecule has 1 aromatic carbocycles. The normalized spacial score (nSPS) is 17.0. The third-order valence-corrected chi connectivity index (χ3v) is 5.00. The average Bonchev–Trinajstić information content (AvgIpc) is 2.83. The van der Waals surface area contributed by atoms with Gasteiger partial charge in [0.05, 0.1) is 0 Å². The molecule has 4 nitrogen and oxygen atoms in total. The van der Waals surface area contributed by atoms with Gasteiger partial charge in [0.15, 0.2) is 0 Å². The molecular weight excluding hydrogens is 291 g/mol. The Labute approximate surface area is 117 Å². The largest absolute Gasteiger partial charge is 0.326 e. The average molecular weight is 307 g/mol. The smallest absolute Gasteiger partial charge is 0.243 e. The monoisotopic (exact) mass is 306 g/mol. The molecule has 0 bridgehead atoms. The SMILES string of the molecule is NCc1cc(Cl)cc(S(=O)(=O)NC2CCCC2)c1F. The topological polar surface area (TPSA) is 72.2 Å². The van der Waals surface area contributed by atoms with E-state index >= 15 is 0 Å². The van der Waals surface area contributed by atoms with Crippen molar-refractivity contribution < 1.29 is 12.8 Å².